The quantitative estimate of drug-likeness (QED) is 0.693. The Balaban J connectivity index is 1.44. The first-order chi connectivity index (χ1) is 13.1. The molecule has 4 fully saturated rings. The molecule has 2 nitrogen and oxygen atoms in total. The number of aliphatic hydroxyl groups is 1. The van der Waals surface area contributed by atoms with Crippen LogP contribution in [0.4, 0.5) is 0 Å². The summed E-state index contributed by atoms with van der Waals surface area (Å²) < 4.78 is 0. The molecule has 1 saturated heterocycles. The van der Waals surface area contributed by atoms with E-state index in [1.165, 1.54) is 76.6 Å². The molecular formula is C25H39NO. The maximum absolute atomic E-state index is 10.1. The number of allylic oxidation sites excluding steroid dienone is 3. The molecule has 0 amide bonds. The third kappa shape index (κ3) is 3.98. The summed E-state index contributed by atoms with van der Waals surface area (Å²) in [6, 6.07) is 0. The number of fused-ring (bicyclic) bond motifs is 1. The molecule has 4 rings (SSSR count). The van der Waals surface area contributed by atoms with Crippen molar-refractivity contribution in [3.8, 4) is 0 Å². The van der Waals surface area contributed by atoms with Crippen molar-refractivity contribution in [2.24, 2.45) is 17.3 Å². The van der Waals surface area contributed by atoms with Crippen molar-refractivity contribution in [1.29, 1.82) is 0 Å². The fraction of sp³-hybridized carbons (Fsp3) is 0.760. The molecule has 0 aromatic carbocycles. The number of rotatable bonds is 4. The van der Waals surface area contributed by atoms with E-state index in [9.17, 15) is 5.11 Å². The summed E-state index contributed by atoms with van der Waals surface area (Å²) in [5.41, 5.74) is 4.46. The first kappa shape index (κ1) is 19.5. The second-order valence-corrected chi connectivity index (χ2v) is 9.89. The van der Waals surface area contributed by atoms with Crippen LogP contribution in [0.2, 0.25) is 0 Å². The molecular weight excluding hydrogens is 330 g/mol. The minimum absolute atomic E-state index is 0.318. The van der Waals surface area contributed by atoms with Crippen LogP contribution in [-0.2, 0) is 0 Å². The predicted molar refractivity (Wildman–Crippen MR) is 114 cm³/mol. The van der Waals surface area contributed by atoms with Gasteiger partial charge >= 0.3 is 0 Å². The van der Waals surface area contributed by atoms with Crippen molar-refractivity contribution in [3.05, 3.63) is 35.5 Å². The smallest absolute Gasteiger partial charge is 0.0787 e. The van der Waals surface area contributed by atoms with Crippen molar-refractivity contribution in [3.63, 3.8) is 0 Å². The van der Waals surface area contributed by atoms with E-state index in [2.05, 4.69) is 30.6 Å². The lowest BCUT2D eigenvalue weighted by Crippen LogP contribution is -2.35. The van der Waals surface area contributed by atoms with Crippen LogP contribution >= 0.6 is 0 Å². The number of hydrogen-bond donors (Lipinski definition) is 1. The van der Waals surface area contributed by atoms with Gasteiger partial charge in [-0.25, -0.2) is 0 Å². The van der Waals surface area contributed by atoms with Gasteiger partial charge in [-0.1, -0.05) is 31.2 Å². The molecule has 0 bridgehead atoms. The van der Waals surface area contributed by atoms with E-state index >= 15 is 0 Å². The zero-order chi connectivity index (χ0) is 18.9. The summed E-state index contributed by atoms with van der Waals surface area (Å²) in [6.45, 7) is 10.7. The van der Waals surface area contributed by atoms with Gasteiger partial charge in [0.05, 0.1) is 6.10 Å². The molecule has 3 saturated carbocycles. The summed E-state index contributed by atoms with van der Waals surface area (Å²) in [5.74, 6) is 1.69. The second-order valence-electron chi connectivity index (χ2n) is 9.89. The highest BCUT2D eigenvalue weighted by molar-refractivity contribution is 5.37. The topological polar surface area (TPSA) is 23.5 Å². The summed E-state index contributed by atoms with van der Waals surface area (Å²) in [7, 11) is 0. The zero-order valence-corrected chi connectivity index (χ0v) is 17.4. The predicted octanol–water partition coefficient (Wildman–Crippen LogP) is 5.64. The minimum atomic E-state index is -0.318. The molecule has 150 valence electrons. The lowest BCUT2D eigenvalue weighted by Gasteiger charge is -2.43. The van der Waals surface area contributed by atoms with Crippen LogP contribution in [0, 0.1) is 17.3 Å². The third-order valence-electron chi connectivity index (χ3n) is 8.39. The first-order valence-electron chi connectivity index (χ1n) is 11.6. The molecule has 1 aliphatic heterocycles. The zero-order valence-electron chi connectivity index (χ0n) is 17.4. The van der Waals surface area contributed by atoms with Gasteiger partial charge < -0.3 is 10.0 Å². The number of nitrogens with zero attached hydrogens (tertiary/aromatic N) is 1. The van der Waals surface area contributed by atoms with E-state index in [1.54, 1.807) is 5.57 Å². The van der Waals surface area contributed by atoms with Gasteiger partial charge in [0.1, 0.15) is 0 Å². The summed E-state index contributed by atoms with van der Waals surface area (Å²) >= 11 is 0. The van der Waals surface area contributed by atoms with Crippen molar-refractivity contribution in [2.45, 2.75) is 83.7 Å². The van der Waals surface area contributed by atoms with Gasteiger partial charge in [-0.2, -0.15) is 0 Å². The van der Waals surface area contributed by atoms with E-state index in [0.717, 1.165) is 36.7 Å². The normalized spacial score (nSPS) is 40.8. The maximum Gasteiger partial charge on any atom is 0.0787 e. The van der Waals surface area contributed by atoms with E-state index in [0.29, 0.717) is 5.41 Å². The van der Waals surface area contributed by atoms with Gasteiger partial charge in [0, 0.05) is 0 Å². The molecule has 1 N–H and O–H groups in total. The summed E-state index contributed by atoms with van der Waals surface area (Å²) in [5, 5.41) is 10.1. The lowest BCUT2D eigenvalue weighted by atomic mass is 9.63. The highest BCUT2D eigenvalue weighted by Gasteiger charge is 2.48. The van der Waals surface area contributed by atoms with Gasteiger partial charge in [0.25, 0.3) is 0 Å². The Bertz CT molecular complexity index is 612. The van der Waals surface area contributed by atoms with E-state index < -0.39 is 0 Å². The average Bonchev–Trinajstić information content (AvgIpc) is 3.28. The van der Waals surface area contributed by atoms with Crippen molar-refractivity contribution < 1.29 is 5.11 Å². The summed E-state index contributed by atoms with van der Waals surface area (Å²) in [6.07, 6.45) is 18.6. The molecule has 0 aromatic heterocycles. The molecule has 3 aliphatic carbocycles. The Hall–Kier alpha value is -0.860. The highest BCUT2D eigenvalue weighted by Crippen LogP contribution is 2.58. The van der Waals surface area contributed by atoms with Gasteiger partial charge in [-0.3, -0.25) is 0 Å². The van der Waals surface area contributed by atoms with Crippen LogP contribution in [0.25, 0.3) is 0 Å². The van der Waals surface area contributed by atoms with Crippen molar-refractivity contribution >= 4 is 0 Å². The Morgan fingerprint density at radius 2 is 1.89 bits per heavy atom. The fourth-order valence-electron chi connectivity index (χ4n) is 6.60. The highest BCUT2D eigenvalue weighted by atomic mass is 16.3. The first-order valence-corrected chi connectivity index (χ1v) is 11.6. The largest absolute Gasteiger partial charge is 0.388 e. The molecule has 4 atom stereocenters. The molecule has 0 spiro atoms. The van der Waals surface area contributed by atoms with Crippen LogP contribution in [-0.4, -0.2) is 35.7 Å². The van der Waals surface area contributed by atoms with Crippen LogP contribution in [0.1, 0.15) is 77.6 Å². The SMILES string of the molecule is C=C1/C(=C\C=C2/CCCC3(C)C(CCN4CCCC4)CCC23)CCCC1O. The van der Waals surface area contributed by atoms with Crippen LogP contribution in [0.15, 0.2) is 35.5 Å². The van der Waals surface area contributed by atoms with Crippen LogP contribution in [0.5, 0.6) is 0 Å². The van der Waals surface area contributed by atoms with Gasteiger partial charge in [0.2, 0.25) is 0 Å². The van der Waals surface area contributed by atoms with Gasteiger partial charge in [0.15, 0.2) is 0 Å². The third-order valence-corrected chi connectivity index (χ3v) is 8.39. The molecule has 27 heavy (non-hydrogen) atoms. The Morgan fingerprint density at radius 1 is 1.07 bits per heavy atom. The molecule has 4 aliphatic rings. The molecule has 0 radical (unpaired) electrons. The van der Waals surface area contributed by atoms with Gasteiger partial charge in [-0.15, -0.1) is 0 Å². The summed E-state index contributed by atoms with van der Waals surface area (Å²) in [4.78, 5) is 2.70. The molecule has 1 heterocycles. The molecule has 2 heteroatoms. The number of likely N-dealkylation sites (tertiary alicyclic amines) is 1. The van der Waals surface area contributed by atoms with Crippen molar-refractivity contribution in [2.75, 3.05) is 19.6 Å². The van der Waals surface area contributed by atoms with Gasteiger partial charge in [-0.05, 0) is 119 Å². The Kier molecular flexibility index (Phi) is 5.94. The van der Waals surface area contributed by atoms with Crippen molar-refractivity contribution in [1.82, 2.24) is 4.90 Å². The Labute approximate surface area is 166 Å². The van der Waals surface area contributed by atoms with E-state index in [-0.39, 0.29) is 6.10 Å². The molecule has 0 aromatic rings. The maximum atomic E-state index is 10.1. The lowest BCUT2D eigenvalue weighted by molar-refractivity contribution is 0.120. The van der Waals surface area contributed by atoms with Crippen LogP contribution in [0.3, 0.4) is 0 Å². The van der Waals surface area contributed by atoms with E-state index in [1.807, 2.05) is 0 Å². The number of hydrogen-bond acceptors (Lipinski definition) is 2. The fourth-order valence-corrected chi connectivity index (χ4v) is 6.60. The second kappa shape index (κ2) is 8.25. The minimum Gasteiger partial charge on any atom is -0.388 e. The van der Waals surface area contributed by atoms with Crippen LogP contribution < -0.4 is 0 Å². The van der Waals surface area contributed by atoms with E-state index in [4.69, 9.17) is 0 Å². The number of aliphatic hydroxyl groups excluding tert-OH is 1. The average molecular weight is 370 g/mol. The monoisotopic (exact) mass is 369 g/mol. The standard InChI is InChI=1S/C25H39NO/c1-19-20(7-5-9-24(19)27)10-11-21-8-6-15-25(2)22(12-13-23(21)25)14-18-26-16-3-4-17-26/h10-11,22-24,27H,1,3-9,12-18H2,2H3/b20-10-,21-11+. The Morgan fingerprint density at radius 3 is 2.70 bits per heavy atom. The molecule has 4 unspecified atom stereocenters.